The molecule has 1 saturated carbocycles. The molecule has 0 aliphatic heterocycles. The molecule has 1 fully saturated rings. The zero-order valence-electron chi connectivity index (χ0n) is 10.9. The van der Waals surface area contributed by atoms with Crippen molar-refractivity contribution in [2.24, 2.45) is 5.92 Å². The minimum Gasteiger partial charge on any atom is -0.469 e. The Hall–Kier alpha value is -1.29. The number of hydrogen-bond acceptors (Lipinski definition) is 3. The van der Waals surface area contributed by atoms with Crippen molar-refractivity contribution in [3.05, 3.63) is 24.2 Å². The average Bonchev–Trinajstić information content (AvgIpc) is 3.06. The molecule has 0 bridgehead atoms. The van der Waals surface area contributed by atoms with Gasteiger partial charge in [-0.05, 0) is 44.2 Å². The van der Waals surface area contributed by atoms with Gasteiger partial charge in [0.15, 0.2) is 0 Å². The first-order valence-corrected chi connectivity index (χ1v) is 6.76. The van der Waals surface area contributed by atoms with Crippen molar-refractivity contribution in [3.8, 4) is 0 Å². The van der Waals surface area contributed by atoms with Gasteiger partial charge in [-0.25, -0.2) is 0 Å². The Labute approximate surface area is 108 Å². The number of carbonyl (C=O) groups excluding carboxylic acids is 1. The lowest BCUT2D eigenvalue weighted by Crippen LogP contribution is -2.38. The Morgan fingerprint density at radius 3 is 3.06 bits per heavy atom. The quantitative estimate of drug-likeness (QED) is 0.738. The maximum Gasteiger partial charge on any atom is 0.233 e. The van der Waals surface area contributed by atoms with Gasteiger partial charge in [-0.1, -0.05) is 0 Å². The third kappa shape index (κ3) is 4.92. The lowest BCUT2D eigenvalue weighted by Gasteiger charge is -2.12. The van der Waals surface area contributed by atoms with Crippen molar-refractivity contribution in [1.82, 2.24) is 10.6 Å². The zero-order valence-corrected chi connectivity index (χ0v) is 10.9. The van der Waals surface area contributed by atoms with E-state index < -0.39 is 0 Å². The molecule has 100 valence electrons. The summed E-state index contributed by atoms with van der Waals surface area (Å²) >= 11 is 0. The highest BCUT2D eigenvalue weighted by Crippen LogP contribution is 2.27. The van der Waals surface area contributed by atoms with Gasteiger partial charge in [0.25, 0.3) is 0 Å². The molecule has 2 rings (SSSR count). The highest BCUT2D eigenvalue weighted by atomic mass is 16.3. The number of aryl methyl sites for hydroxylation is 1. The Kier molecular flexibility index (Phi) is 4.81. The molecule has 1 heterocycles. The monoisotopic (exact) mass is 250 g/mol. The van der Waals surface area contributed by atoms with Crippen molar-refractivity contribution in [2.75, 3.05) is 13.1 Å². The van der Waals surface area contributed by atoms with Crippen LogP contribution in [0, 0.1) is 5.92 Å². The summed E-state index contributed by atoms with van der Waals surface area (Å²) in [6, 6.07) is 4.20. The van der Waals surface area contributed by atoms with Gasteiger partial charge in [0, 0.05) is 19.0 Å². The summed E-state index contributed by atoms with van der Waals surface area (Å²) in [5.74, 6) is 1.85. The molecule has 1 amide bonds. The molecule has 1 aromatic rings. The van der Waals surface area contributed by atoms with Crippen LogP contribution in [0.15, 0.2) is 22.8 Å². The Morgan fingerprint density at radius 1 is 1.56 bits per heavy atom. The molecule has 4 nitrogen and oxygen atoms in total. The third-order valence-corrected chi connectivity index (χ3v) is 3.30. The standard InChI is InChI=1S/C14H22N2O2/c1-11(4-7-13-3-2-8-18-13)15-10-14(17)16-9-12-5-6-12/h2-3,8,11-12,15H,4-7,9-10H2,1H3,(H,16,17). The number of nitrogens with one attached hydrogen (secondary N) is 2. The maximum absolute atomic E-state index is 11.5. The minimum atomic E-state index is 0.103. The van der Waals surface area contributed by atoms with Gasteiger partial charge in [0.2, 0.25) is 5.91 Å². The molecular formula is C14H22N2O2. The van der Waals surface area contributed by atoms with Crippen molar-refractivity contribution in [3.63, 3.8) is 0 Å². The van der Waals surface area contributed by atoms with E-state index in [0.29, 0.717) is 12.6 Å². The first kappa shape index (κ1) is 13.1. The van der Waals surface area contributed by atoms with Crippen LogP contribution in [0.1, 0.15) is 31.9 Å². The van der Waals surface area contributed by atoms with Crippen LogP contribution in [0.5, 0.6) is 0 Å². The molecular weight excluding hydrogens is 228 g/mol. The van der Waals surface area contributed by atoms with Crippen molar-refractivity contribution < 1.29 is 9.21 Å². The van der Waals surface area contributed by atoms with Crippen molar-refractivity contribution in [2.45, 2.75) is 38.6 Å². The van der Waals surface area contributed by atoms with Crippen LogP contribution in [0.2, 0.25) is 0 Å². The van der Waals surface area contributed by atoms with Gasteiger partial charge in [0.05, 0.1) is 12.8 Å². The normalized spacial score (nSPS) is 16.5. The van der Waals surface area contributed by atoms with E-state index in [-0.39, 0.29) is 5.91 Å². The molecule has 0 aromatic carbocycles. The maximum atomic E-state index is 11.5. The Balaban J connectivity index is 1.53. The molecule has 1 unspecified atom stereocenters. The van der Waals surface area contributed by atoms with E-state index in [2.05, 4.69) is 17.6 Å². The number of rotatable bonds is 8. The topological polar surface area (TPSA) is 54.3 Å². The first-order chi connectivity index (χ1) is 8.74. The summed E-state index contributed by atoms with van der Waals surface area (Å²) in [5, 5.41) is 6.18. The van der Waals surface area contributed by atoms with Gasteiger partial charge in [0.1, 0.15) is 5.76 Å². The predicted octanol–water partition coefficient (Wildman–Crippen LogP) is 1.72. The van der Waals surface area contributed by atoms with Crippen molar-refractivity contribution >= 4 is 5.91 Å². The Bertz CT molecular complexity index is 358. The van der Waals surface area contributed by atoms with E-state index >= 15 is 0 Å². The molecule has 0 saturated heterocycles. The summed E-state index contributed by atoms with van der Waals surface area (Å²) in [6.07, 6.45) is 6.12. The first-order valence-electron chi connectivity index (χ1n) is 6.76. The highest BCUT2D eigenvalue weighted by Gasteiger charge is 2.21. The number of furan rings is 1. The fourth-order valence-corrected chi connectivity index (χ4v) is 1.83. The number of carbonyl (C=O) groups is 1. The summed E-state index contributed by atoms with van der Waals surface area (Å²) < 4.78 is 5.27. The molecule has 0 radical (unpaired) electrons. The van der Waals surface area contributed by atoms with Gasteiger partial charge < -0.3 is 15.1 Å². The number of amides is 1. The second-order valence-corrected chi connectivity index (χ2v) is 5.15. The third-order valence-electron chi connectivity index (χ3n) is 3.30. The molecule has 1 aliphatic rings. The van der Waals surface area contributed by atoms with E-state index in [9.17, 15) is 4.79 Å². The fourth-order valence-electron chi connectivity index (χ4n) is 1.83. The average molecular weight is 250 g/mol. The van der Waals surface area contributed by atoms with Crippen molar-refractivity contribution in [1.29, 1.82) is 0 Å². The SMILES string of the molecule is CC(CCc1ccco1)NCC(=O)NCC1CC1. The van der Waals surface area contributed by atoms with Crippen LogP contribution >= 0.6 is 0 Å². The number of hydrogen-bond donors (Lipinski definition) is 2. The van der Waals surface area contributed by atoms with E-state index in [1.165, 1.54) is 12.8 Å². The molecule has 18 heavy (non-hydrogen) atoms. The lowest BCUT2D eigenvalue weighted by atomic mass is 10.1. The zero-order chi connectivity index (χ0) is 12.8. The van der Waals surface area contributed by atoms with Crippen LogP contribution in [0.4, 0.5) is 0 Å². The fraction of sp³-hybridized carbons (Fsp3) is 0.643. The van der Waals surface area contributed by atoms with Crippen LogP contribution < -0.4 is 10.6 Å². The van der Waals surface area contributed by atoms with Gasteiger partial charge in [-0.3, -0.25) is 4.79 Å². The summed E-state index contributed by atoms with van der Waals surface area (Å²) in [7, 11) is 0. The molecule has 4 heteroatoms. The van der Waals surface area contributed by atoms with Crippen LogP contribution in [-0.4, -0.2) is 25.0 Å². The minimum absolute atomic E-state index is 0.103. The molecule has 1 aliphatic carbocycles. The lowest BCUT2D eigenvalue weighted by molar-refractivity contribution is -0.120. The largest absolute Gasteiger partial charge is 0.469 e. The smallest absolute Gasteiger partial charge is 0.233 e. The van der Waals surface area contributed by atoms with Crippen LogP contribution in [0.3, 0.4) is 0 Å². The summed E-state index contributed by atoms with van der Waals surface area (Å²) in [5.41, 5.74) is 0. The van der Waals surface area contributed by atoms with E-state index in [1.807, 2.05) is 12.1 Å². The van der Waals surface area contributed by atoms with Gasteiger partial charge >= 0.3 is 0 Å². The second-order valence-electron chi connectivity index (χ2n) is 5.15. The predicted molar refractivity (Wildman–Crippen MR) is 70.2 cm³/mol. The van der Waals surface area contributed by atoms with Crippen LogP contribution in [-0.2, 0) is 11.2 Å². The van der Waals surface area contributed by atoms with Crippen LogP contribution in [0.25, 0.3) is 0 Å². The molecule has 1 aromatic heterocycles. The Morgan fingerprint density at radius 2 is 2.39 bits per heavy atom. The second kappa shape index (κ2) is 6.59. The van der Waals surface area contributed by atoms with Gasteiger partial charge in [-0.15, -0.1) is 0 Å². The van der Waals surface area contributed by atoms with E-state index in [0.717, 1.165) is 31.1 Å². The highest BCUT2D eigenvalue weighted by molar-refractivity contribution is 5.78. The molecule has 1 atom stereocenters. The summed E-state index contributed by atoms with van der Waals surface area (Å²) in [4.78, 5) is 11.5. The summed E-state index contributed by atoms with van der Waals surface area (Å²) in [6.45, 7) is 3.35. The van der Waals surface area contributed by atoms with E-state index in [4.69, 9.17) is 4.42 Å². The van der Waals surface area contributed by atoms with E-state index in [1.54, 1.807) is 6.26 Å². The van der Waals surface area contributed by atoms with Gasteiger partial charge in [-0.2, -0.15) is 0 Å². The molecule has 2 N–H and O–H groups in total. The molecule has 0 spiro atoms.